The zero-order chi connectivity index (χ0) is 16.8. The van der Waals surface area contributed by atoms with Gasteiger partial charge in [-0.2, -0.15) is 0 Å². The fourth-order valence-electron chi connectivity index (χ4n) is 2.12. The van der Waals surface area contributed by atoms with Gasteiger partial charge in [0.1, 0.15) is 18.2 Å². The maximum atomic E-state index is 12.8. The third-order valence-corrected chi connectivity index (χ3v) is 3.53. The molecule has 0 saturated heterocycles. The molecule has 0 aromatic heterocycles. The third kappa shape index (κ3) is 5.09. The summed E-state index contributed by atoms with van der Waals surface area (Å²) < 4.78 is 18.5. The van der Waals surface area contributed by atoms with E-state index in [9.17, 15) is 9.18 Å². The fourth-order valence-corrected chi connectivity index (χ4v) is 2.12. The van der Waals surface area contributed by atoms with E-state index in [1.54, 1.807) is 0 Å². The quantitative estimate of drug-likeness (QED) is 0.870. The summed E-state index contributed by atoms with van der Waals surface area (Å²) in [6.45, 7) is 6.52. The molecule has 23 heavy (non-hydrogen) atoms. The van der Waals surface area contributed by atoms with Crippen LogP contribution in [0.15, 0.2) is 48.5 Å². The summed E-state index contributed by atoms with van der Waals surface area (Å²) in [6.07, 6.45) is 0. The number of ether oxygens (including phenoxy) is 1. The molecule has 0 aliphatic rings. The van der Waals surface area contributed by atoms with E-state index in [0.29, 0.717) is 18.1 Å². The second-order valence-corrected chi connectivity index (χ2v) is 5.92. The highest BCUT2D eigenvalue weighted by molar-refractivity contribution is 5.94. The molecule has 1 N–H and O–H groups in total. The Labute approximate surface area is 136 Å². The molecule has 2 rings (SSSR count). The number of nitrogens with one attached hydrogen (secondary N) is 1. The summed E-state index contributed by atoms with van der Waals surface area (Å²) in [5.74, 6) is 0.661. The molecule has 0 aliphatic heterocycles. The van der Waals surface area contributed by atoms with Crippen molar-refractivity contribution in [2.24, 2.45) is 0 Å². The van der Waals surface area contributed by atoms with Crippen LogP contribution in [0.3, 0.4) is 0 Å². The summed E-state index contributed by atoms with van der Waals surface area (Å²) in [4.78, 5) is 12.0. The number of carbonyl (C=O) groups is 1. The topological polar surface area (TPSA) is 38.3 Å². The zero-order valence-electron chi connectivity index (χ0n) is 13.7. The minimum atomic E-state index is -0.359. The van der Waals surface area contributed by atoms with Crippen molar-refractivity contribution in [1.29, 1.82) is 0 Å². The lowest BCUT2D eigenvalue weighted by molar-refractivity contribution is 0.0926. The molecule has 0 aliphatic carbocycles. The van der Waals surface area contributed by atoms with Gasteiger partial charge < -0.3 is 10.1 Å². The van der Waals surface area contributed by atoms with E-state index in [2.05, 4.69) is 19.2 Å². The highest BCUT2D eigenvalue weighted by Gasteiger charge is 2.10. The minimum absolute atomic E-state index is 0.155. The monoisotopic (exact) mass is 315 g/mol. The molecular weight excluding hydrogens is 293 g/mol. The van der Waals surface area contributed by atoms with Crippen molar-refractivity contribution in [3.8, 4) is 5.75 Å². The first-order valence-corrected chi connectivity index (χ1v) is 7.75. The molecule has 2 aromatic carbocycles. The molecule has 0 heterocycles. The van der Waals surface area contributed by atoms with Gasteiger partial charge >= 0.3 is 0 Å². The predicted octanol–water partition coefficient (Wildman–Crippen LogP) is 4.15. The van der Waals surface area contributed by atoms with Crippen LogP contribution in [0.5, 0.6) is 5.75 Å². The summed E-state index contributed by atoms with van der Waals surface area (Å²) in [6, 6.07) is 13.3. The third-order valence-electron chi connectivity index (χ3n) is 3.53. The summed E-state index contributed by atoms with van der Waals surface area (Å²) in [5.41, 5.74) is 1.69. The van der Waals surface area contributed by atoms with Crippen LogP contribution in [0.25, 0.3) is 0 Å². The normalized spacial score (nSPS) is 12.0. The largest absolute Gasteiger partial charge is 0.491 e. The van der Waals surface area contributed by atoms with Crippen LogP contribution >= 0.6 is 0 Å². The van der Waals surface area contributed by atoms with Crippen molar-refractivity contribution in [2.45, 2.75) is 32.7 Å². The van der Waals surface area contributed by atoms with Gasteiger partial charge in [0.15, 0.2) is 0 Å². The Bertz CT molecular complexity index is 635. The lowest BCUT2D eigenvalue weighted by Crippen LogP contribution is -2.36. The highest BCUT2D eigenvalue weighted by atomic mass is 19.1. The highest BCUT2D eigenvalue weighted by Crippen LogP contribution is 2.18. The Kier molecular flexibility index (Phi) is 5.74. The van der Waals surface area contributed by atoms with E-state index in [1.807, 2.05) is 31.2 Å². The first-order valence-electron chi connectivity index (χ1n) is 7.75. The molecule has 0 radical (unpaired) electrons. The number of benzene rings is 2. The molecule has 1 unspecified atom stereocenters. The number of rotatable bonds is 6. The zero-order valence-corrected chi connectivity index (χ0v) is 13.7. The van der Waals surface area contributed by atoms with Crippen molar-refractivity contribution in [3.63, 3.8) is 0 Å². The maximum Gasteiger partial charge on any atom is 0.251 e. The van der Waals surface area contributed by atoms with Crippen molar-refractivity contribution < 1.29 is 13.9 Å². The molecule has 122 valence electrons. The van der Waals surface area contributed by atoms with Crippen molar-refractivity contribution in [1.82, 2.24) is 5.32 Å². The summed E-state index contributed by atoms with van der Waals surface area (Å²) in [5, 5.41) is 2.83. The van der Waals surface area contributed by atoms with Crippen LogP contribution in [0.4, 0.5) is 4.39 Å². The number of amides is 1. The average Bonchev–Trinajstić information content (AvgIpc) is 2.54. The van der Waals surface area contributed by atoms with E-state index in [1.165, 1.54) is 29.8 Å². The molecule has 0 saturated carbocycles. The number of hydrogen-bond acceptors (Lipinski definition) is 2. The van der Waals surface area contributed by atoms with E-state index in [-0.39, 0.29) is 17.8 Å². The smallest absolute Gasteiger partial charge is 0.251 e. The number of hydrogen-bond donors (Lipinski definition) is 1. The van der Waals surface area contributed by atoms with Crippen LogP contribution < -0.4 is 10.1 Å². The number of carbonyl (C=O) groups excluding carboxylic acids is 1. The van der Waals surface area contributed by atoms with Gasteiger partial charge in [-0.1, -0.05) is 26.0 Å². The van der Waals surface area contributed by atoms with Gasteiger partial charge in [-0.25, -0.2) is 4.39 Å². The van der Waals surface area contributed by atoms with Crippen LogP contribution in [0.1, 0.15) is 42.6 Å². The fraction of sp³-hybridized carbons (Fsp3) is 0.316. The Hall–Kier alpha value is -2.36. The molecule has 1 amide bonds. The first-order chi connectivity index (χ1) is 11.0. The standard InChI is InChI=1S/C19H22FNO2/c1-13(2)15-6-10-18(11-7-15)23-12-14(3)21-19(22)16-4-8-17(20)9-5-16/h4-11,13-14H,12H2,1-3H3,(H,21,22). The van der Waals surface area contributed by atoms with Crippen molar-refractivity contribution in [2.75, 3.05) is 6.61 Å². The van der Waals surface area contributed by atoms with Crippen LogP contribution in [-0.4, -0.2) is 18.6 Å². The molecule has 3 nitrogen and oxygen atoms in total. The molecule has 2 aromatic rings. The molecule has 4 heteroatoms. The average molecular weight is 315 g/mol. The first kappa shape index (κ1) is 17.0. The SMILES string of the molecule is CC(COc1ccc(C(C)C)cc1)NC(=O)c1ccc(F)cc1. The van der Waals surface area contributed by atoms with Crippen LogP contribution in [0.2, 0.25) is 0 Å². The maximum absolute atomic E-state index is 12.8. The molecule has 0 bridgehead atoms. The molecular formula is C19H22FNO2. The van der Waals surface area contributed by atoms with Gasteiger partial charge in [0, 0.05) is 5.56 Å². The van der Waals surface area contributed by atoms with Gasteiger partial charge in [-0.3, -0.25) is 4.79 Å². The Morgan fingerprint density at radius 1 is 1.04 bits per heavy atom. The minimum Gasteiger partial charge on any atom is -0.491 e. The van der Waals surface area contributed by atoms with Crippen LogP contribution in [-0.2, 0) is 0 Å². The van der Waals surface area contributed by atoms with E-state index >= 15 is 0 Å². The van der Waals surface area contributed by atoms with Crippen LogP contribution in [0, 0.1) is 5.82 Å². The Morgan fingerprint density at radius 2 is 1.65 bits per heavy atom. The van der Waals surface area contributed by atoms with E-state index in [0.717, 1.165) is 5.75 Å². The summed E-state index contributed by atoms with van der Waals surface area (Å²) in [7, 11) is 0. The van der Waals surface area contributed by atoms with Gasteiger partial charge in [-0.15, -0.1) is 0 Å². The second kappa shape index (κ2) is 7.77. The lowest BCUT2D eigenvalue weighted by atomic mass is 10.0. The second-order valence-electron chi connectivity index (χ2n) is 5.92. The predicted molar refractivity (Wildman–Crippen MR) is 89.4 cm³/mol. The Balaban J connectivity index is 1.83. The van der Waals surface area contributed by atoms with Crippen molar-refractivity contribution >= 4 is 5.91 Å². The lowest BCUT2D eigenvalue weighted by Gasteiger charge is -2.15. The van der Waals surface area contributed by atoms with Gasteiger partial charge in [0.2, 0.25) is 0 Å². The Morgan fingerprint density at radius 3 is 2.22 bits per heavy atom. The molecule has 0 spiro atoms. The van der Waals surface area contributed by atoms with Gasteiger partial charge in [0.05, 0.1) is 6.04 Å². The molecule has 0 fully saturated rings. The van der Waals surface area contributed by atoms with Gasteiger partial charge in [0.25, 0.3) is 5.91 Å². The van der Waals surface area contributed by atoms with Gasteiger partial charge in [-0.05, 0) is 54.8 Å². The van der Waals surface area contributed by atoms with Crippen molar-refractivity contribution in [3.05, 3.63) is 65.5 Å². The molecule has 1 atom stereocenters. The van der Waals surface area contributed by atoms with E-state index < -0.39 is 0 Å². The van der Waals surface area contributed by atoms with E-state index in [4.69, 9.17) is 4.74 Å². The number of halogens is 1. The summed E-state index contributed by atoms with van der Waals surface area (Å²) >= 11 is 0.